The highest BCUT2D eigenvalue weighted by molar-refractivity contribution is 6.12. The van der Waals surface area contributed by atoms with E-state index in [0.717, 1.165) is 37.7 Å². The third kappa shape index (κ3) is 9.42. The van der Waals surface area contributed by atoms with E-state index in [-0.39, 0.29) is 0 Å². The predicted molar refractivity (Wildman–Crippen MR) is 337 cm³/mol. The fourth-order valence-electron chi connectivity index (χ4n) is 12.2. The van der Waals surface area contributed by atoms with Crippen LogP contribution in [0.25, 0.3) is 101 Å². The lowest BCUT2D eigenvalue weighted by Gasteiger charge is -2.18. The minimum atomic E-state index is 0.813. The largest absolute Gasteiger partial charge is 0.313 e. The molecule has 12 aromatic rings. The number of rotatable bonds is 12. The zero-order valence-electron chi connectivity index (χ0n) is 44.1. The minimum Gasteiger partial charge on any atom is -0.313 e. The summed E-state index contributed by atoms with van der Waals surface area (Å²) >= 11 is 0. The topological polar surface area (TPSA) is 9.86 Å². The van der Waals surface area contributed by atoms with Gasteiger partial charge in [-0.3, -0.25) is 0 Å². The molecule has 10 aromatic carbocycles. The van der Waals surface area contributed by atoms with Gasteiger partial charge in [0, 0.05) is 32.9 Å². The first-order valence-electron chi connectivity index (χ1n) is 27.9. The van der Waals surface area contributed by atoms with Crippen molar-refractivity contribution < 1.29 is 0 Å². The van der Waals surface area contributed by atoms with Gasteiger partial charge in [0.1, 0.15) is 0 Å². The van der Waals surface area contributed by atoms with E-state index in [9.17, 15) is 0 Å². The molecule has 0 spiro atoms. The van der Waals surface area contributed by atoms with Crippen molar-refractivity contribution in [1.82, 2.24) is 9.13 Å². The van der Waals surface area contributed by atoms with Gasteiger partial charge in [-0.1, -0.05) is 225 Å². The highest BCUT2D eigenvalue weighted by atomic mass is 15.0. The molecular formula is C77H58N2. The first-order chi connectivity index (χ1) is 39.1. The molecule has 79 heavy (non-hydrogen) atoms. The lowest BCUT2D eigenvalue weighted by molar-refractivity contribution is 0.979. The van der Waals surface area contributed by atoms with Crippen molar-refractivity contribution in [2.45, 2.75) is 32.1 Å². The molecule has 2 heteroatoms. The molecule has 0 atom stereocenters. The van der Waals surface area contributed by atoms with Crippen molar-refractivity contribution in [3.05, 3.63) is 324 Å². The van der Waals surface area contributed by atoms with Gasteiger partial charge in [0.2, 0.25) is 0 Å². The molecule has 2 aliphatic rings. The Bertz CT molecular complexity index is 4440. The summed E-state index contributed by atoms with van der Waals surface area (Å²) in [5, 5.41) is 5.07. The molecule has 0 amide bonds. The maximum Gasteiger partial charge on any atom is 0.0541 e. The molecule has 2 aromatic heterocycles. The fraction of sp³-hybridized carbons (Fsp3) is 0.0649. The SMILES string of the molecule is C1=CCCC(n2c3ccccc3c3cc(/C(=C\c4ccc(-c5ccc(C/C(=C/c6ccc7c(c6)c6ccccc6n7-c6ccccc6)C6=CCCC(c7ccccc7)=C6)cc5)cc4)c4cccc(-c5ccccc5)c4)ccc32)=C1. The Morgan fingerprint density at radius 2 is 0.987 bits per heavy atom. The monoisotopic (exact) mass is 1010 g/mol. The molecule has 0 saturated heterocycles. The smallest absolute Gasteiger partial charge is 0.0541 e. The first kappa shape index (κ1) is 47.7. The van der Waals surface area contributed by atoms with Crippen LogP contribution in [0.3, 0.4) is 0 Å². The second kappa shape index (κ2) is 21.0. The average molecular weight is 1010 g/mol. The maximum absolute atomic E-state index is 2.47. The number of para-hydroxylation sites is 3. The van der Waals surface area contributed by atoms with Gasteiger partial charge < -0.3 is 9.13 Å². The van der Waals surface area contributed by atoms with Crippen molar-refractivity contribution in [2.75, 3.05) is 0 Å². The normalized spacial score (nSPS) is 14.0. The minimum absolute atomic E-state index is 0.813. The van der Waals surface area contributed by atoms with E-state index in [0.29, 0.717) is 0 Å². The molecule has 0 saturated carbocycles. The summed E-state index contributed by atoms with van der Waals surface area (Å²) in [6.07, 6.45) is 21.4. The van der Waals surface area contributed by atoms with Gasteiger partial charge in [0.05, 0.1) is 22.1 Å². The van der Waals surface area contributed by atoms with Crippen molar-refractivity contribution in [2.24, 2.45) is 0 Å². The van der Waals surface area contributed by atoms with Crippen LogP contribution < -0.4 is 0 Å². The van der Waals surface area contributed by atoms with Crippen molar-refractivity contribution in [1.29, 1.82) is 0 Å². The van der Waals surface area contributed by atoms with E-state index < -0.39 is 0 Å². The van der Waals surface area contributed by atoms with E-state index in [1.165, 1.54) is 127 Å². The molecule has 0 fully saturated rings. The lowest BCUT2D eigenvalue weighted by atomic mass is 9.87. The molecule has 0 bridgehead atoms. The average Bonchev–Trinajstić information content (AvgIpc) is 4.16. The Hall–Kier alpha value is -9.76. The molecular weight excluding hydrogens is 953 g/mol. The van der Waals surface area contributed by atoms with Crippen LogP contribution in [0.1, 0.15) is 59.1 Å². The van der Waals surface area contributed by atoms with Crippen molar-refractivity contribution >= 4 is 72.6 Å². The highest BCUT2D eigenvalue weighted by Crippen LogP contribution is 2.40. The fourth-order valence-corrected chi connectivity index (χ4v) is 12.2. The lowest BCUT2D eigenvalue weighted by Crippen LogP contribution is -1.99. The highest BCUT2D eigenvalue weighted by Gasteiger charge is 2.19. The summed E-state index contributed by atoms with van der Waals surface area (Å²) in [5.74, 6) is 0. The summed E-state index contributed by atoms with van der Waals surface area (Å²) in [6, 6.07) is 91.4. The molecule has 0 N–H and O–H groups in total. The Morgan fingerprint density at radius 1 is 0.405 bits per heavy atom. The zero-order valence-corrected chi connectivity index (χ0v) is 44.1. The summed E-state index contributed by atoms with van der Waals surface area (Å²) in [7, 11) is 0. The standard InChI is InChI=1S/C77H58N2/c1-5-19-57(20-6-1)61-23-17-25-63(51-61)66(48-56-39-45-76-72(50-56)69-31-13-15-33-74(69)78(76)67-27-9-3-10-28-67)47-54-35-40-59(41-36-54)60-42-37-55(38-43-60)49-71(64-26-18-24-62(52-64)58-21-7-2-8-22-58)65-44-46-77-73(53-65)70-32-14-16-34-75(70)79(77)68-29-11-4-12-30-68/h1-11,13-16,18-22,24-29,31-46,48-53H,12,17,23,30,47H2/b66-48-,71-49-. The van der Waals surface area contributed by atoms with Gasteiger partial charge in [-0.2, -0.15) is 0 Å². The Balaban J connectivity index is 0.800. The maximum atomic E-state index is 2.47. The number of nitrogens with zero attached hydrogens (tertiary/aromatic N) is 2. The summed E-state index contributed by atoms with van der Waals surface area (Å²) in [6.45, 7) is 0. The number of benzene rings is 10. The van der Waals surface area contributed by atoms with Crippen LogP contribution in [0.2, 0.25) is 0 Å². The van der Waals surface area contributed by atoms with Crippen molar-refractivity contribution in [3.8, 4) is 27.9 Å². The third-order valence-electron chi connectivity index (χ3n) is 16.1. The molecule has 0 aliphatic heterocycles. The number of hydrogen-bond donors (Lipinski definition) is 0. The van der Waals surface area contributed by atoms with Gasteiger partial charge in [0.15, 0.2) is 0 Å². The van der Waals surface area contributed by atoms with Crippen LogP contribution in [-0.2, 0) is 6.42 Å². The summed E-state index contributed by atoms with van der Waals surface area (Å²) in [5.41, 5.74) is 24.8. The third-order valence-corrected chi connectivity index (χ3v) is 16.1. The predicted octanol–water partition coefficient (Wildman–Crippen LogP) is 20.4. The van der Waals surface area contributed by atoms with Gasteiger partial charge >= 0.3 is 0 Å². The zero-order chi connectivity index (χ0) is 52.5. The number of fused-ring (bicyclic) bond motifs is 6. The van der Waals surface area contributed by atoms with Crippen molar-refractivity contribution in [3.63, 3.8) is 0 Å². The first-order valence-corrected chi connectivity index (χ1v) is 27.9. The summed E-state index contributed by atoms with van der Waals surface area (Å²) in [4.78, 5) is 0. The second-order valence-electron chi connectivity index (χ2n) is 21.1. The van der Waals surface area contributed by atoms with E-state index in [4.69, 9.17) is 0 Å². The number of hydrogen-bond acceptors (Lipinski definition) is 0. The summed E-state index contributed by atoms with van der Waals surface area (Å²) < 4.78 is 4.86. The van der Waals surface area contributed by atoms with Crippen LogP contribution in [0.4, 0.5) is 0 Å². The van der Waals surface area contributed by atoms with Gasteiger partial charge in [0.25, 0.3) is 0 Å². The van der Waals surface area contributed by atoms with E-state index in [1.54, 1.807) is 0 Å². The van der Waals surface area contributed by atoms with Gasteiger partial charge in [-0.25, -0.2) is 0 Å². The quantitative estimate of drug-likeness (QED) is 0.108. The van der Waals surface area contributed by atoms with Crippen LogP contribution in [0, 0.1) is 0 Å². The molecule has 0 unspecified atom stereocenters. The number of allylic oxidation sites excluding steroid dienone is 9. The molecule has 376 valence electrons. The van der Waals surface area contributed by atoms with E-state index in [2.05, 4.69) is 300 Å². The van der Waals surface area contributed by atoms with E-state index in [1.807, 2.05) is 0 Å². The molecule has 2 nitrogen and oxygen atoms in total. The van der Waals surface area contributed by atoms with Crippen LogP contribution in [-0.4, -0.2) is 9.13 Å². The molecule has 14 rings (SSSR count). The number of aromatic nitrogens is 2. The second-order valence-corrected chi connectivity index (χ2v) is 21.1. The molecule has 2 heterocycles. The van der Waals surface area contributed by atoms with Gasteiger partial charge in [-0.05, 0) is 177 Å². The Labute approximate surface area is 462 Å². The van der Waals surface area contributed by atoms with E-state index >= 15 is 0 Å². The van der Waals surface area contributed by atoms with Crippen LogP contribution >= 0.6 is 0 Å². The van der Waals surface area contributed by atoms with Crippen LogP contribution in [0.15, 0.2) is 290 Å². The molecule has 0 radical (unpaired) electrons. The molecule has 2 aliphatic carbocycles. The Morgan fingerprint density at radius 3 is 1.72 bits per heavy atom. The Kier molecular flexibility index (Phi) is 12.7. The van der Waals surface area contributed by atoms with Crippen LogP contribution in [0.5, 0.6) is 0 Å². The van der Waals surface area contributed by atoms with Gasteiger partial charge in [-0.15, -0.1) is 0 Å².